The Kier molecular flexibility index (Phi) is 25.0. The summed E-state index contributed by atoms with van der Waals surface area (Å²) in [6, 6.07) is 25.7. The summed E-state index contributed by atoms with van der Waals surface area (Å²) in [4.78, 5) is 14.0. The number of carbonyl (C=O) groups is 1. The molecule has 0 radical (unpaired) electrons. The van der Waals surface area contributed by atoms with Gasteiger partial charge in [-0.15, -0.1) is 0 Å². The van der Waals surface area contributed by atoms with Gasteiger partial charge >= 0.3 is 0 Å². The molecule has 2 saturated heterocycles. The van der Waals surface area contributed by atoms with Gasteiger partial charge < -0.3 is 56.5 Å². The fourth-order valence-electron chi connectivity index (χ4n) is 11.4. The van der Waals surface area contributed by atoms with Crippen LogP contribution in [0.15, 0.2) is 103 Å². The van der Waals surface area contributed by atoms with Crippen molar-refractivity contribution in [3.05, 3.63) is 114 Å². The molecule has 0 bridgehead atoms. The van der Waals surface area contributed by atoms with Gasteiger partial charge in [-0.2, -0.15) is 0 Å². The molecule has 2 fully saturated rings. The van der Waals surface area contributed by atoms with Crippen LogP contribution >= 0.6 is 0 Å². The Labute approximate surface area is 535 Å². The van der Waals surface area contributed by atoms with E-state index in [0.29, 0.717) is 45.3 Å². The summed E-state index contributed by atoms with van der Waals surface area (Å²) in [6.45, 7) is 46.2. The molecule has 13 nitrogen and oxygen atoms in total. The van der Waals surface area contributed by atoms with E-state index in [9.17, 15) is 4.79 Å². The second-order valence-corrected chi connectivity index (χ2v) is 45.4. The summed E-state index contributed by atoms with van der Waals surface area (Å²) in [5.41, 5.74) is 1.72. The van der Waals surface area contributed by atoms with Gasteiger partial charge in [0.25, 0.3) is 0 Å². The molecule has 0 unspecified atom stereocenters. The van der Waals surface area contributed by atoms with E-state index < -0.39 is 53.8 Å². The van der Waals surface area contributed by atoms with Crippen molar-refractivity contribution in [2.75, 3.05) is 26.6 Å². The Morgan fingerprint density at radius 1 is 0.693 bits per heavy atom. The topological polar surface area (TPSA) is 131 Å². The lowest BCUT2D eigenvalue weighted by Gasteiger charge is -2.56. The number of amides is 1. The quantitative estimate of drug-likeness (QED) is 0.0548. The zero-order chi connectivity index (χ0) is 65.3. The zero-order valence-electron chi connectivity index (χ0n) is 58.6. The van der Waals surface area contributed by atoms with E-state index in [0.717, 1.165) is 53.3 Å². The van der Waals surface area contributed by atoms with Crippen molar-refractivity contribution in [3.8, 4) is 11.5 Å². The SMILES string of the molecule is COc1ccc(CO[C@H]2C[C@@H](C[C@H](CC(=O)Nc3ccccc3)O[Si](C)(C)C(C)(C)C)O[C@](C[C@@H]3C[C@H](O[Si](C)(C)C(C)(C)C)C[C@H](/C=C/C(C)(C)C4=CCC[C@@H](C[C@@H](O[Si](C)(C)C(C)(C)C)[C@@H](C)OCc5ccc(OC)cc5)O4)O3)(OC)C2(C)C)cc1. The number of nitrogens with one attached hydrogen (secondary N) is 1. The predicted molar refractivity (Wildman–Crippen MR) is 365 cm³/mol. The Morgan fingerprint density at radius 3 is 1.82 bits per heavy atom. The minimum atomic E-state index is -2.40. The van der Waals surface area contributed by atoms with Gasteiger partial charge in [0.2, 0.25) is 5.91 Å². The van der Waals surface area contributed by atoms with Crippen molar-refractivity contribution in [2.45, 2.75) is 283 Å². The molecular formula is C72H117NO12Si3. The standard InChI is InChI=1S/C72H117NO12Si3/c1-51(78-49-52-32-36-55(75-15)37-33-52)63(85-88(22,23)69(8,9)10)45-57-30-27-31-64(81-57)70(11,12)41-40-58-42-60(83-86(18,19)67(2,3)4)44-62(80-58)48-72(77-17)71(13,14)65(79-50-53-34-38-56(76-16)39-35-53)46-59(82-72)43-61(84-87(20,21)68(5,6)7)47-66(74)73-54-28-25-24-26-29-54/h24-26,28-29,31-41,51,57-63,65H,27,30,42-50H2,1-23H3,(H,73,74)/b41-40+/t51-,57+,58+,59-,60-,61-,62+,63-,65+,72+/m1/s1. The molecule has 3 aliphatic rings. The molecule has 3 aromatic rings. The van der Waals surface area contributed by atoms with Crippen molar-refractivity contribution in [2.24, 2.45) is 10.8 Å². The first kappa shape index (κ1) is 73.4. The van der Waals surface area contributed by atoms with Gasteiger partial charge in [0.1, 0.15) is 23.4 Å². The lowest BCUT2D eigenvalue weighted by molar-refractivity contribution is -0.363. The van der Waals surface area contributed by atoms with Gasteiger partial charge in [-0.05, 0) is 154 Å². The minimum Gasteiger partial charge on any atom is -0.497 e. The molecule has 6 rings (SSSR count). The lowest BCUT2D eigenvalue weighted by Crippen LogP contribution is -2.63. The van der Waals surface area contributed by atoms with Crippen LogP contribution in [-0.2, 0) is 59.7 Å². The number of benzene rings is 3. The molecule has 0 spiro atoms. The number of rotatable bonds is 28. The largest absolute Gasteiger partial charge is 0.497 e. The summed E-state index contributed by atoms with van der Waals surface area (Å²) in [5, 5.41) is 3.06. The van der Waals surface area contributed by atoms with Gasteiger partial charge in [-0.1, -0.05) is 131 Å². The normalized spacial score (nSPS) is 24.5. The average molecular weight is 1270 g/mol. The maximum absolute atomic E-state index is 14.0. The third-order valence-corrected chi connectivity index (χ3v) is 34.0. The van der Waals surface area contributed by atoms with E-state index in [4.69, 9.17) is 51.2 Å². The number of para-hydroxylation sites is 1. The first-order chi connectivity index (χ1) is 40.8. The fourth-order valence-corrected chi connectivity index (χ4v) is 15.6. The number of hydrogen-bond donors (Lipinski definition) is 1. The highest BCUT2D eigenvalue weighted by molar-refractivity contribution is 6.75. The van der Waals surface area contributed by atoms with Crippen LogP contribution in [0.4, 0.5) is 5.69 Å². The maximum Gasteiger partial charge on any atom is 0.226 e. The van der Waals surface area contributed by atoms with Crippen LogP contribution in [0, 0.1) is 10.8 Å². The van der Waals surface area contributed by atoms with E-state index in [1.165, 1.54) is 0 Å². The number of carbonyl (C=O) groups excluding carboxylic acids is 1. The second kappa shape index (κ2) is 30.0. The molecule has 1 amide bonds. The first-order valence-corrected chi connectivity index (χ1v) is 41.4. The summed E-state index contributed by atoms with van der Waals surface area (Å²) < 4.78 is 75.4. The smallest absolute Gasteiger partial charge is 0.226 e. The highest BCUT2D eigenvalue weighted by atomic mass is 28.4. The van der Waals surface area contributed by atoms with Gasteiger partial charge in [0, 0.05) is 49.3 Å². The van der Waals surface area contributed by atoms with Crippen molar-refractivity contribution in [1.82, 2.24) is 0 Å². The number of ether oxygens (including phenoxy) is 8. The maximum atomic E-state index is 14.0. The Balaban J connectivity index is 1.29. The number of methoxy groups -OCH3 is 3. The molecule has 0 saturated carbocycles. The van der Waals surface area contributed by atoms with Crippen molar-refractivity contribution in [3.63, 3.8) is 0 Å². The van der Waals surface area contributed by atoms with Crippen LogP contribution in [0.1, 0.15) is 166 Å². The molecular weight excluding hydrogens is 1160 g/mol. The molecule has 3 aromatic carbocycles. The third-order valence-electron chi connectivity index (χ3n) is 20.4. The molecule has 10 atom stereocenters. The molecule has 3 aliphatic heterocycles. The van der Waals surface area contributed by atoms with Gasteiger partial charge in [-0.3, -0.25) is 4.79 Å². The minimum absolute atomic E-state index is 0.00439. The predicted octanol–water partition coefficient (Wildman–Crippen LogP) is 17.9. The monoisotopic (exact) mass is 1270 g/mol. The van der Waals surface area contributed by atoms with E-state index in [-0.39, 0.29) is 70.2 Å². The van der Waals surface area contributed by atoms with E-state index in [1.807, 2.05) is 66.7 Å². The van der Waals surface area contributed by atoms with E-state index in [1.54, 1.807) is 21.3 Å². The van der Waals surface area contributed by atoms with Crippen LogP contribution in [-0.4, -0.2) is 113 Å². The van der Waals surface area contributed by atoms with E-state index in [2.05, 4.69) is 172 Å². The van der Waals surface area contributed by atoms with Crippen LogP contribution in [0.2, 0.25) is 54.4 Å². The lowest BCUT2D eigenvalue weighted by atomic mass is 9.70. The average Bonchev–Trinajstić information content (AvgIpc) is 1.84. The molecule has 16 heteroatoms. The molecule has 494 valence electrons. The van der Waals surface area contributed by atoms with Crippen LogP contribution in [0.25, 0.3) is 0 Å². The van der Waals surface area contributed by atoms with Gasteiger partial charge in [-0.25, -0.2) is 0 Å². The summed E-state index contributed by atoms with van der Waals surface area (Å²) in [7, 11) is -1.72. The second-order valence-electron chi connectivity index (χ2n) is 31.1. The molecule has 0 aromatic heterocycles. The highest BCUT2D eigenvalue weighted by Crippen LogP contribution is 2.52. The summed E-state index contributed by atoms with van der Waals surface area (Å²) >= 11 is 0. The molecule has 0 aliphatic carbocycles. The van der Waals surface area contributed by atoms with Crippen molar-refractivity contribution >= 4 is 36.5 Å². The van der Waals surface area contributed by atoms with Gasteiger partial charge in [0.05, 0.1) is 82.7 Å². The Hall–Kier alpha value is -3.66. The van der Waals surface area contributed by atoms with Crippen LogP contribution in [0.3, 0.4) is 0 Å². The molecule has 88 heavy (non-hydrogen) atoms. The van der Waals surface area contributed by atoms with Crippen LogP contribution < -0.4 is 14.8 Å². The number of allylic oxidation sites excluding steroid dienone is 2. The third kappa shape index (κ3) is 19.7. The van der Waals surface area contributed by atoms with Crippen molar-refractivity contribution in [1.29, 1.82) is 0 Å². The molecule has 3 heterocycles. The first-order valence-electron chi connectivity index (χ1n) is 32.6. The molecule has 1 N–H and O–H groups in total. The Bertz CT molecular complexity index is 2710. The number of hydrogen-bond acceptors (Lipinski definition) is 12. The van der Waals surface area contributed by atoms with Gasteiger partial charge in [0.15, 0.2) is 30.7 Å². The highest BCUT2D eigenvalue weighted by Gasteiger charge is 2.59. The Morgan fingerprint density at radius 2 is 1.26 bits per heavy atom. The summed E-state index contributed by atoms with van der Waals surface area (Å²) in [6.07, 6.45) is 10.1. The fraction of sp³-hybridized carbons (Fsp3) is 0.681. The van der Waals surface area contributed by atoms with E-state index >= 15 is 0 Å². The number of anilines is 1. The van der Waals surface area contributed by atoms with Crippen molar-refractivity contribution < 1.29 is 56.0 Å². The zero-order valence-corrected chi connectivity index (χ0v) is 61.6. The summed E-state index contributed by atoms with van der Waals surface area (Å²) in [5.74, 6) is 1.27. The van der Waals surface area contributed by atoms with Crippen LogP contribution in [0.5, 0.6) is 11.5 Å².